The molecule has 1 amide bonds. The fourth-order valence-electron chi connectivity index (χ4n) is 4.78. The van der Waals surface area contributed by atoms with Gasteiger partial charge in [-0.25, -0.2) is 14.4 Å². The molecule has 37 heavy (non-hydrogen) atoms. The van der Waals surface area contributed by atoms with Gasteiger partial charge in [-0.15, -0.1) is 0 Å². The van der Waals surface area contributed by atoms with Crippen LogP contribution in [0.2, 0.25) is 5.15 Å². The van der Waals surface area contributed by atoms with Crippen molar-refractivity contribution >= 4 is 40.8 Å². The maximum absolute atomic E-state index is 14.2. The Morgan fingerprint density at radius 2 is 1.65 bits per heavy atom. The highest BCUT2D eigenvalue weighted by molar-refractivity contribution is 7.98. The molecule has 2 aliphatic rings. The van der Waals surface area contributed by atoms with Crippen molar-refractivity contribution in [2.75, 3.05) is 49.1 Å². The third-order valence-corrected chi connectivity index (χ3v) is 8.21. The first-order valence-corrected chi connectivity index (χ1v) is 14.1. The van der Waals surface area contributed by atoms with Crippen molar-refractivity contribution < 1.29 is 9.18 Å². The Morgan fingerprint density at radius 3 is 2.35 bits per heavy atom. The van der Waals surface area contributed by atoms with Crippen molar-refractivity contribution in [3.05, 3.63) is 76.7 Å². The Morgan fingerprint density at radius 1 is 0.973 bits per heavy atom. The number of amides is 1. The highest BCUT2D eigenvalue weighted by Crippen LogP contribution is 2.27. The Labute approximate surface area is 226 Å². The van der Waals surface area contributed by atoms with Crippen LogP contribution in [0.3, 0.4) is 0 Å². The molecule has 194 valence electrons. The van der Waals surface area contributed by atoms with Gasteiger partial charge in [0.25, 0.3) is 5.91 Å². The van der Waals surface area contributed by atoms with Gasteiger partial charge in [-0.1, -0.05) is 54.6 Å². The molecule has 0 aliphatic carbocycles. The van der Waals surface area contributed by atoms with E-state index < -0.39 is 0 Å². The summed E-state index contributed by atoms with van der Waals surface area (Å²) in [5.74, 6) is 2.08. The summed E-state index contributed by atoms with van der Waals surface area (Å²) >= 11 is 7.86. The zero-order chi connectivity index (χ0) is 25.8. The lowest BCUT2D eigenvalue weighted by Gasteiger charge is -2.36. The van der Waals surface area contributed by atoms with Gasteiger partial charge in [-0.3, -0.25) is 4.79 Å². The average Bonchev–Trinajstić information content (AvgIpc) is 2.92. The number of halogens is 2. The number of piperidine rings is 1. The van der Waals surface area contributed by atoms with Crippen molar-refractivity contribution in [2.24, 2.45) is 5.92 Å². The maximum Gasteiger partial charge on any atom is 0.253 e. The molecule has 2 aliphatic heterocycles. The number of hydrogen-bond acceptors (Lipinski definition) is 6. The minimum atomic E-state index is -0.196. The summed E-state index contributed by atoms with van der Waals surface area (Å²) in [5, 5.41) is 1.02. The van der Waals surface area contributed by atoms with E-state index in [4.69, 9.17) is 16.6 Å². The van der Waals surface area contributed by atoms with Crippen molar-refractivity contribution in [2.45, 2.75) is 30.7 Å². The molecule has 1 aromatic heterocycles. The van der Waals surface area contributed by atoms with Crippen LogP contribution in [0.4, 0.5) is 15.9 Å². The first kappa shape index (κ1) is 25.8. The number of thioether (sulfide) groups is 1. The molecule has 0 saturated carbocycles. The van der Waals surface area contributed by atoms with Crippen LogP contribution in [0.15, 0.2) is 59.8 Å². The molecule has 0 bridgehead atoms. The first-order chi connectivity index (χ1) is 18.0. The number of anilines is 2. The molecule has 5 rings (SSSR count). The SMILES string of the molecule is CC1CCN(C(=O)c2ccc(CSc3nc(Cl)cc(N4CCN(c5ccccc5F)CC4)n3)cc2)CC1. The highest BCUT2D eigenvalue weighted by Gasteiger charge is 2.22. The molecule has 0 unspecified atom stereocenters. The number of carbonyl (C=O) groups is 1. The van der Waals surface area contributed by atoms with E-state index in [-0.39, 0.29) is 11.7 Å². The monoisotopic (exact) mass is 539 g/mol. The summed E-state index contributed by atoms with van der Waals surface area (Å²) in [4.78, 5) is 28.1. The first-order valence-electron chi connectivity index (χ1n) is 12.8. The Hall–Kier alpha value is -2.84. The van der Waals surface area contributed by atoms with Crippen LogP contribution in [0, 0.1) is 11.7 Å². The summed E-state index contributed by atoms with van der Waals surface area (Å²) in [5.41, 5.74) is 2.47. The second-order valence-corrected chi connectivity index (χ2v) is 11.0. The van der Waals surface area contributed by atoms with Gasteiger partial charge in [0, 0.05) is 56.7 Å². The minimum Gasteiger partial charge on any atom is -0.366 e. The quantitative estimate of drug-likeness (QED) is 0.225. The summed E-state index contributed by atoms with van der Waals surface area (Å²) in [6.07, 6.45) is 2.15. The molecular formula is C28H31ClFN5OS. The summed E-state index contributed by atoms with van der Waals surface area (Å²) < 4.78 is 14.2. The van der Waals surface area contributed by atoms with Gasteiger partial charge in [0.05, 0.1) is 5.69 Å². The van der Waals surface area contributed by atoms with E-state index in [1.165, 1.54) is 17.8 Å². The number of benzene rings is 2. The lowest BCUT2D eigenvalue weighted by molar-refractivity contribution is 0.0697. The molecular weight excluding hydrogens is 509 g/mol. The number of hydrogen-bond donors (Lipinski definition) is 0. The zero-order valence-corrected chi connectivity index (χ0v) is 22.5. The van der Waals surface area contributed by atoms with Gasteiger partial charge < -0.3 is 14.7 Å². The van der Waals surface area contributed by atoms with Crippen LogP contribution in [-0.4, -0.2) is 60.0 Å². The molecule has 2 fully saturated rings. The smallest absolute Gasteiger partial charge is 0.253 e. The van der Waals surface area contributed by atoms with E-state index in [0.29, 0.717) is 40.8 Å². The van der Waals surface area contributed by atoms with Crippen LogP contribution < -0.4 is 9.80 Å². The van der Waals surface area contributed by atoms with Crippen LogP contribution in [0.1, 0.15) is 35.7 Å². The summed E-state index contributed by atoms with van der Waals surface area (Å²) in [7, 11) is 0. The average molecular weight is 540 g/mol. The third kappa shape index (κ3) is 6.36. The van der Waals surface area contributed by atoms with E-state index in [1.54, 1.807) is 12.1 Å². The van der Waals surface area contributed by atoms with Crippen LogP contribution in [0.5, 0.6) is 0 Å². The van der Waals surface area contributed by atoms with Crippen molar-refractivity contribution in [1.82, 2.24) is 14.9 Å². The van der Waals surface area contributed by atoms with E-state index in [1.807, 2.05) is 41.3 Å². The standard InChI is InChI=1S/C28H31ClFN5OS/c1-20-10-12-35(13-11-20)27(36)22-8-6-21(7-9-22)19-37-28-31-25(29)18-26(32-28)34-16-14-33(15-17-34)24-5-3-2-4-23(24)30/h2-9,18,20H,10-17,19H2,1H3. The molecule has 0 atom stereocenters. The Balaban J connectivity index is 1.17. The number of rotatable bonds is 6. The number of piperazine rings is 1. The molecule has 3 aromatic rings. The van der Waals surface area contributed by atoms with Gasteiger partial charge in [0.15, 0.2) is 5.16 Å². The van der Waals surface area contributed by atoms with Gasteiger partial charge in [-0.05, 0) is 48.6 Å². The number of aromatic nitrogens is 2. The molecule has 6 nitrogen and oxygen atoms in total. The van der Waals surface area contributed by atoms with E-state index in [9.17, 15) is 9.18 Å². The Kier molecular flexibility index (Phi) is 8.15. The topological polar surface area (TPSA) is 52.6 Å². The minimum absolute atomic E-state index is 0.115. The second kappa shape index (κ2) is 11.7. The fourth-order valence-corrected chi connectivity index (χ4v) is 5.82. The number of carbonyl (C=O) groups excluding carboxylic acids is 1. The Bertz CT molecular complexity index is 1230. The summed E-state index contributed by atoms with van der Waals surface area (Å²) in [6, 6.07) is 16.5. The lowest BCUT2D eigenvalue weighted by Crippen LogP contribution is -2.47. The van der Waals surface area contributed by atoms with Crippen LogP contribution in [-0.2, 0) is 5.75 Å². The predicted molar refractivity (Wildman–Crippen MR) is 148 cm³/mol. The van der Waals surface area contributed by atoms with Gasteiger partial charge >= 0.3 is 0 Å². The van der Waals surface area contributed by atoms with Crippen LogP contribution in [0.25, 0.3) is 0 Å². The van der Waals surface area contributed by atoms with E-state index in [2.05, 4.69) is 21.7 Å². The molecule has 0 N–H and O–H groups in total. The maximum atomic E-state index is 14.2. The number of likely N-dealkylation sites (tertiary alicyclic amines) is 1. The molecule has 2 saturated heterocycles. The molecule has 2 aromatic carbocycles. The zero-order valence-electron chi connectivity index (χ0n) is 20.9. The molecule has 3 heterocycles. The molecule has 9 heteroatoms. The van der Waals surface area contributed by atoms with Crippen molar-refractivity contribution in [1.29, 1.82) is 0 Å². The number of nitrogens with zero attached hydrogens (tertiary/aromatic N) is 5. The number of para-hydroxylation sites is 1. The fraction of sp³-hybridized carbons (Fsp3) is 0.393. The largest absolute Gasteiger partial charge is 0.366 e. The van der Waals surface area contributed by atoms with Crippen LogP contribution >= 0.6 is 23.4 Å². The highest BCUT2D eigenvalue weighted by atomic mass is 35.5. The van der Waals surface area contributed by atoms with Gasteiger partial charge in [0.1, 0.15) is 16.8 Å². The third-order valence-electron chi connectivity index (χ3n) is 7.10. The van der Waals surface area contributed by atoms with Gasteiger partial charge in [-0.2, -0.15) is 0 Å². The van der Waals surface area contributed by atoms with Crippen molar-refractivity contribution in [3.63, 3.8) is 0 Å². The normalized spacial score (nSPS) is 16.8. The molecule has 0 radical (unpaired) electrons. The molecule has 0 spiro atoms. The van der Waals surface area contributed by atoms with Crippen molar-refractivity contribution in [3.8, 4) is 0 Å². The van der Waals surface area contributed by atoms with E-state index in [0.717, 1.165) is 56.0 Å². The predicted octanol–water partition coefficient (Wildman–Crippen LogP) is 5.76. The van der Waals surface area contributed by atoms with Gasteiger partial charge in [0.2, 0.25) is 0 Å². The lowest BCUT2D eigenvalue weighted by atomic mass is 9.98. The van der Waals surface area contributed by atoms with E-state index >= 15 is 0 Å². The summed E-state index contributed by atoms with van der Waals surface area (Å²) in [6.45, 7) is 6.76. The second-order valence-electron chi connectivity index (χ2n) is 9.72.